The molecule has 7 nitrogen and oxygen atoms in total. The zero-order valence-corrected chi connectivity index (χ0v) is 18.7. The van der Waals surface area contributed by atoms with Crippen LogP contribution in [-0.4, -0.2) is 36.9 Å². The Labute approximate surface area is 199 Å². The van der Waals surface area contributed by atoms with Gasteiger partial charge in [-0.05, 0) is 42.5 Å². The summed E-state index contributed by atoms with van der Waals surface area (Å²) in [6.45, 7) is 0. The van der Waals surface area contributed by atoms with E-state index in [0.29, 0.717) is 28.2 Å². The van der Waals surface area contributed by atoms with Gasteiger partial charge in [-0.1, -0.05) is 12.2 Å². The number of rotatable bonds is 2. The molecule has 2 aromatic carbocycles. The van der Waals surface area contributed by atoms with E-state index in [4.69, 9.17) is 9.47 Å². The molecule has 0 saturated carbocycles. The van der Waals surface area contributed by atoms with E-state index >= 15 is 0 Å². The fraction of sp³-hybridized carbons (Fsp3) is 0.148. The summed E-state index contributed by atoms with van der Waals surface area (Å²) in [4.78, 5) is 38.7. The van der Waals surface area contributed by atoms with E-state index < -0.39 is 35.1 Å². The number of halogens is 1. The van der Waals surface area contributed by atoms with E-state index in [1.807, 2.05) is 25.1 Å². The average Bonchev–Trinajstić information content (AvgIpc) is 3.13. The molecule has 2 aliphatic heterocycles. The summed E-state index contributed by atoms with van der Waals surface area (Å²) in [6.07, 6.45) is 5.75. The van der Waals surface area contributed by atoms with Crippen LogP contribution in [0.5, 0.6) is 5.75 Å². The van der Waals surface area contributed by atoms with Crippen LogP contribution >= 0.6 is 0 Å². The van der Waals surface area contributed by atoms with Gasteiger partial charge >= 0.3 is 11.9 Å². The molecular formula is C27H18FNO6. The van der Waals surface area contributed by atoms with Crippen molar-refractivity contribution in [1.82, 2.24) is 0 Å². The third-order valence-corrected chi connectivity index (χ3v) is 6.83. The van der Waals surface area contributed by atoms with Crippen LogP contribution in [-0.2, 0) is 15.1 Å². The highest BCUT2D eigenvalue weighted by Crippen LogP contribution is 2.58. The Morgan fingerprint density at radius 1 is 1.03 bits per heavy atom. The van der Waals surface area contributed by atoms with E-state index in [0.717, 1.165) is 11.8 Å². The lowest BCUT2D eigenvalue weighted by molar-refractivity contribution is -0.112. The summed E-state index contributed by atoms with van der Waals surface area (Å²) in [7, 11) is 3.73. The van der Waals surface area contributed by atoms with E-state index in [1.54, 1.807) is 18.2 Å². The van der Waals surface area contributed by atoms with Gasteiger partial charge in [-0.3, -0.25) is 4.79 Å². The number of aromatic carboxylic acids is 1. The highest BCUT2D eigenvalue weighted by Gasteiger charge is 2.58. The molecule has 35 heavy (non-hydrogen) atoms. The molecule has 2 aliphatic carbocycles. The Morgan fingerprint density at radius 3 is 2.57 bits per heavy atom. The number of hydrogen-bond acceptors (Lipinski definition) is 6. The van der Waals surface area contributed by atoms with E-state index in [9.17, 15) is 23.9 Å². The highest BCUT2D eigenvalue weighted by atomic mass is 19.1. The maximum Gasteiger partial charge on any atom is 0.339 e. The quantitative estimate of drug-likeness (QED) is 0.661. The van der Waals surface area contributed by atoms with Crippen LogP contribution in [0.25, 0.3) is 0 Å². The molecule has 0 fully saturated rings. The summed E-state index contributed by atoms with van der Waals surface area (Å²) in [5, 5.41) is 9.63. The molecule has 0 aromatic heterocycles. The van der Waals surface area contributed by atoms with Crippen molar-refractivity contribution in [1.29, 1.82) is 0 Å². The molecule has 2 atom stereocenters. The van der Waals surface area contributed by atoms with E-state index in [2.05, 4.69) is 0 Å². The second-order valence-electron chi connectivity index (χ2n) is 8.91. The number of ketones is 1. The van der Waals surface area contributed by atoms with Gasteiger partial charge in [-0.15, -0.1) is 0 Å². The summed E-state index contributed by atoms with van der Waals surface area (Å²) in [5.41, 5.74) is 1.02. The third kappa shape index (κ3) is 2.73. The predicted molar refractivity (Wildman–Crippen MR) is 123 cm³/mol. The average molecular weight is 471 g/mol. The first kappa shape index (κ1) is 21.1. The van der Waals surface area contributed by atoms with Crippen molar-refractivity contribution in [3.05, 3.63) is 106 Å². The maximum atomic E-state index is 14.7. The number of nitrogens with zero attached hydrogens (tertiary/aromatic N) is 1. The molecule has 0 amide bonds. The lowest BCUT2D eigenvalue weighted by atomic mass is 9.69. The van der Waals surface area contributed by atoms with E-state index in [1.165, 1.54) is 30.4 Å². The Balaban J connectivity index is 1.69. The first-order valence-electron chi connectivity index (χ1n) is 10.9. The van der Waals surface area contributed by atoms with Crippen LogP contribution in [0, 0.1) is 5.92 Å². The van der Waals surface area contributed by atoms with Gasteiger partial charge < -0.3 is 19.5 Å². The number of allylic oxidation sites excluding steroid dienone is 6. The fourth-order valence-corrected chi connectivity index (χ4v) is 5.15. The number of carbonyl (C=O) groups excluding carboxylic acids is 2. The van der Waals surface area contributed by atoms with Crippen molar-refractivity contribution >= 4 is 23.4 Å². The van der Waals surface area contributed by atoms with Crippen molar-refractivity contribution < 1.29 is 33.4 Å². The molecule has 2 aromatic rings. The van der Waals surface area contributed by atoms with Crippen LogP contribution in [0.15, 0.2) is 83.4 Å². The number of fused-ring (bicyclic) bond motifs is 7. The molecule has 4 aliphatic rings. The third-order valence-electron chi connectivity index (χ3n) is 6.83. The molecule has 1 N–H and O–H groups in total. The molecule has 0 bridgehead atoms. The summed E-state index contributed by atoms with van der Waals surface area (Å²) < 4.78 is 27.2. The number of carbonyl (C=O) groups is 3. The number of carboxylic acid groups (broad SMARTS) is 1. The minimum Gasteiger partial charge on any atom is -0.478 e. The van der Waals surface area contributed by atoms with Gasteiger partial charge in [0, 0.05) is 48.1 Å². The van der Waals surface area contributed by atoms with E-state index in [-0.39, 0.29) is 16.7 Å². The summed E-state index contributed by atoms with van der Waals surface area (Å²) in [5.74, 6) is -3.40. The van der Waals surface area contributed by atoms with Crippen LogP contribution in [0.2, 0.25) is 0 Å². The van der Waals surface area contributed by atoms with Crippen molar-refractivity contribution in [2.24, 2.45) is 5.92 Å². The van der Waals surface area contributed by atoms with Crippen molar-refractivity contribution in [3.63, 3.8) is 0 Å². The molecule has 2 heterocycles. The first-order chi connectivity index (χ1) is 16.7. The molecule has 0 saturated heterocycles. The van der Waals surface area contributed by atoms with Crippen LogP contribution in [0.4, 0.5) is 10.1 Å². The Morgan fingerprint density at radius 2 is 1.83 bits per heavy atom. The second kappa shape index (κ2) is 7.02. The molecule has 8 heteroatoms. The zero-order valence-electron chi connectivity index (χ0n) is 18.7. The Hall–Kier alpha value is -4.46. The SMILES string of the molecule is CN(C)c1ccc2c(c1)OC1=C3C=CC(=O)C(F)=C3C=CC1C21OC(=O)c2ccc(C(=O)O)cc21. The lowest BCUT2D eigenvalue weighted by Crippen LogP contribution is -2.43. The molecule has 6 rings (SSSR count). The molecular weight excluding hydrogens is 453 g/mol. The Bertz CT molecular complexity index is 1510. The minimum atomic E-state index is -1.44. The molecule has 2 unspecified atom stereocenters. The smallest absolute Gasteiger partial charge is 0.339 e. The highest BCUT2D eigenvalue weighted by molar-refractivity contribution is 6.06. The van der Waals surface area contributed by atoms with Gasteiger partial charge in [0.15, 0.2) is 11.4 Å². The maximum absolute atomic E-state index is 14.7. The normalized spacial score (nSPS) is 23.5. The van der Waals surface area contributed by atoms with Crippen LogP contribution in [0.3, 0.4) is 0 Å². The summed E-state index contributed by atoms with van der Waals surface area (Å²) >= 11 is 0. The minimum absolute atomic E-state index is 0.00292. The largest absolute Gasteiger partial charge is 0.478 e. The number of esters is 1. The molecule has 1 spiro atoms. The Kier molecular flexibility index (Phi) is 4.23. The lowest BCUT2D eigenvalue weighted by Gasteiger charge is -2.43. The van der Waals surface area contributed by atoms with Gasteiger partial charge in [-0.25, -0.2) is 14.0 Å². The van der Waals surface area contributed by atoms with Crippen molar-refractivity contribution in [3.8, 4) is 5.75 Å². The van der Waals surface area contributed by atoms with Gasteiger partial charge in [0.1, 0.15) is 11.5 Å². The zero-order chi connectivity index (χ0) is 24.6. The number of anilines is 1. The van der Waals surface area contributed by atoms with Gasteiger partial charge in [0.2, 0.25) is 5.78 Å². The molecule has 174 valence electrons. The van der Waals surface area contributed by atoms with Crippen molar-refractivity contribution in [2.75, 3.05) is 19.0 Å². The second-order valence-corrected chi connectivity index (χ2v) is 8.91. The van der Waals surface area contributed by atoms with Crippen LogP contribution < -0.4 is 9.64 Å². The number of hydrogen-bond donors (Lipinski definition) is 1. The number of carboxylic acids is 1. The topological polar surface area (TPSA) is 93.1 Å². The fourth-order valence-electron chi connectivity index (χ4n) is 5.15. The van der Waals surface area contributed by atoms with Gasteiger partial charge in [-0.2, -0.15) is 0 Å². The number of benzene rings is 2. The van der Waals surface area contributed by atoms with Crippen molar-refractivity contribution in [2.45, 2.75) is 5.60 Å². The van der Waals surface area contributed by atoms with Crippen LogP contribution in [0.1, 0.15) is 31.8 Å². The first-order valence-corrected chi connectivity index (χ1v) is 10.9. The van der Waals surface area contributed by atoms with Gasteiger partial charge in [0.25, 0.3) is 0 Å². The monoisotopic (exact) mass is 471 g/mol. The predicted octanol–water partition coefficient (Wildman–Crippen LogP) is 4.06. The number of ether oxygens (including phenoxy) is 2. The van der Waals surface area contributed by atoms with Gasteiger partial charge in [0.05, 0.1) is 17.0 Å². The standard InChI is InChI=1S/C27H18FNO6/c1-29(2)14-4-8-18-22(12-14)34-24-16-7-10-21(30)23(28)15(16)6-9-19(24)27(18)20-11-13(25(31)32)3-5-17(20)26(33)35-27/h3-12,19H,1-2H3,(H,31,32). The summed E-state index contributed by atoms with van der Waals surface area (Å²) in [6, 6.07) is 9.68. The molecule has 0 radical (unpaired) electrons.